The van der Waals surface area contributed by atoms with Gasteiger partial charge >= 0.3 is 0 Å². The van der Waals surface area contributed by atoms with E-state index >= 15 is 0 Å². The Morgan fingerprint density at radius 2 is 1.48 bits per heavy atom. The average molecular weight is 335 g/mol. The smallest absolute Gasteiger partial charge is 0.243 e. The van der Waals surface area contributed by atoms with Gasteiger partial charge in [0.1, 0.15) is 11.5 Å². The summed E-state index contributed by atoms with van der Waals surface area (Å²) in [6.45, 7) is 2.07. The van der Waals surface area contributed by atoms with Crippen LogP contribution in [0.3, 0.4) is 0 Å². The molecule has 0 aliphatic rings. The van der Waals surface area contributed by atoms with Gasteiger partial charge in [0.2, 0.25) is 10.0 Å². The van der Waals surface area contributed by atoms with Gasteiger partial charge in [-0.1, -0.05) is 23.8 Å². The van der Waals surface area contributed by atoms with Crippen molar-refractivity contribution in [2.24, 2.45) is 0 Å². The summed E-state index contributed by atoms with van der Waals surface area (Å²) in [5, 5.41) is 0. The van der Waals surface area contributed by atoms with E-state index in [4.69, 9.17) is 9.47 Å². The molecule has 0 spiro atoms. The third-order valence-corrected chi connectivity index (χ3v) is 5.46. The lowest BCUT2D eigenvalue weighted by Crippen LogP contribution is -2.27. The van der Waals surface area contributed by atoms with Gasteiger partial charge in [-0.2, -0.15) is 4.31 Å². The summed E-state index contributed by atoms with van der Waals surface area (Å²) in [6, 6.07) is 12.2. The minimum absolute atomic E-state index is 0.156. The zero-order valence-electron chi connectivity index (χ0n) is 13.7. The average Bonchev–Trinajstić information content (AvgIpc) is 2.55. The van der Waals surface area contributed by atoms with Crippen LogP contribution in [-0.4, -0.2) is 34.0 Å². The van der Waals surface area contributed by atoms with Crippen LogP contribution >= 0.6 is 0 Å². The first-order valence-electron chi connectivity index (χ1n) is 7.13. The topological polar surface area (TPSA) is 55.8 Å². The molecule has 5 nitrogen and oxygen atoms in total. The minimum Gasteiger partial charge on any atom is -0.496 e. The second kappa shape index (κ2) is 7.02. The van der Waals surface area contributed by atoms with Crippen molar-refractivity contribution in [3.63, 3.8) is 0 Å². The van der Waals surface area contributed by atoms with Crippen LogP contribution in [-0.2, 0) is 16.6 Å². The number of hydrogen-bond acceptors (Lipinski definition) is 4. The Hall–Kier alpha value is -2.05. The Labute approximate surface area is 137 Å². The fraction of sp³-hybridized carbons (Fsp3) is 0.294. The Balaban J connectivity index is 2.35. The maximum atomic E-state index is 12.7. The minimum atomic E-state index is -3.58. The molecule has 0 saturated carbocycles. The number of ether oxygens (including phenoxy) is 2. The van der Waals surface area contributed by atoms with Gasteiger partial charge in [0.25, 0.3) is 0 Å². The van der Waals surface area contributed by atoms with E-state index < -0.39 is 10.0 Å². The first-order valence-corrected chi connectivity index (χ1v) is 8.57. The molecule has 0 amide bonds. The van der Waals surface area contributed by atoms with Crippen LogP contribution in [0.4, 0.5) is 0 Å². The Morgan fingerprint density at radius 1 is 0.957 bits per heavy atom. The summed E-state index contributed by atoms with van der Waals surface area (Å²) in [5.74, 6) is 1.19. The molecule has 23 heavy (non-hydrogen) atoms. The number of aryl methyl sites for hydroxylation is 1. The highest BCUT2D eigenvalue weighted by Crippen LogP contribution is 2.30. The van der Waals surface area contributed by atoms with E-state index in [2.05, 4.69) is 0 Å². The number of benzene rings is 2. The second-order valence-corrected chi connectivity index (χ2v) is 7.26. The highest BCUT2D eigenvalue weighted by Gasteiger charge is 2.23. The quantitative estimate of drug-likeness (QED) is 0.814. The molecule has 0 saturated heterocycles. The standard InChI is InChI=1S/C17H21NO4S/c1-13-8-10-14(11-9-13)23(19,20)18(2)12-15-16(21-3)6-5-7-17(15)22-4/h5-11H,12H2,1-4H3. The third-order valence-electron chi connectivity index (χ3n) is 3.64. The molecule has 0 aliphatic heterocycles. The monoisotopic (exact) mass is 335 g/mol. The molecule has 0 fully saturated rings. The number of rotatable bonds is 6. The van der Waals surface area contributed by atoms with Gasteiger partial charge in [-0.25, -0.2) is 8.42 Å². The summed E-state index contributed by atoms with van der Waals surface area (Å²) in [7, 11) is 1.06. The van der Waals surface area contributed by atoms with Gasteiger partial charge < -0.3 is 9.47 Å². The van der Waals surface area contributed by atoms with Crippen LogP contribution in [0.1, 0.15) is 11.1 Å². The van der Waals surface area contributed by atoms with Crippen LogP contribution in [0.5, 0.6) is 11.5 Å². The summed E-state index contributed by atoms with van der Waals surface area (Å²) in [5.41, 5.74) is 1.70. The summed E-state index contributed by atoms with van der Waals surface area (Å²) in [4.78, 5) is 0.263. The van der Waals surface area contributed by atoms with E-state index in [0.717, 1.165) is 5.56 Å². The van der Waals surface area contributed by atoms with E-state index in [-0.39, 0.29) is 11.4 Å². The van der Waals surface area contributed by atoms with Crippen molar-refractivity contribution < 1.29 is 17.9 Å². The van der Waals surface area contributed by atoms with Gasteiger partial charge in [0, 0.05) is 13.6 Å². The molecule has 0 unspecified atom stereocenters. The predicted octanol–water partition coefficient (Wildman–Crippen LogP) is 2.83. The normalized spacial score (nSPS) is 11.5. The molecule has 6 heteroatoms. The van der Waals surface area contributed by atoms with Gasteiger partial charge in [0.05, 0.1) is 24.7 Å². The lowest BCUT2D eigenvalue weighted by atomic mass is 10.1. The first-order chi connectivity index (χ1) is 10.9. The first kappa shape index (κ1) is 17.3. The number of nitrogens with zero attached hydrogens (tertiary/aromatic N) is 1. The zero-order chi connectivity index (χ0) is 17.0. The summed E-state index contributed by atoms with van der Waals surface area (Å²) in [6.07, 6.45) is 0. The lowest BCUT2D eigenvalue weighted by molar-refractivity contribution is 0.371. The van der Waals surface area contributed by atoms with Crippen LogP contribution in [0, 0.1) is 6.92 Å². The third kappa shape index (κ3) is 3.65. The molecule has 2 aromatic carbocycles. The fourth-order valence-electron chi connectivity index (χ4n) is 2.28. The van der Waals surface area contributed by atoms with E-state index in [0.29, 0.717) is 17.1 Å². The molecular formula is C17H21NO4S. The van der Waals surface area contributed by atoms with Crippen molar-refractivity contribution in [1.29, 1.82) is 0 Å². The highest BCUT2D eigenvalue weighted by molar-refractivity contribution is 7.89. The molecule has 0 heterocycles. The molecule has 0 N–H and O–H groups in total. The van der Waals surface area contributed by atoms with Crippen molar-refractivity contribution in [2.75, 3.05) is 21.3 Å². The molecule has 2 aromatic rings. The van der Waals surface area contributed by atoms with Crippen LogP contribution in [0.2, 0.25) is 0 Å². The number of methoxy groups -OCH3 is 2. The molecule has 0 aromatic heterocycles. The van der Waals surface area contributed by atoms with Gasteiger partial charge in [-0.3, -0.25) is 0 Å². The molecule has 2 rings (SSSR count). The van der Waals surface area contributed by atoms with Crippen LogP contribution in [0.25, 0.3) is 0 Å². The predicted molar refractivity (Wildman–Crippen MR) is 89.4 cm³/mol. The molecule has 0 aliphatic carbocycles. The maximum Gasteiger partial charge on any atom is 0.243 e. The fourth-order valence-corrected chi connectivity index (χ4v) is 3.42. The van der Waals surface area contributed by atoms with E-state index in [9.17, 15) is 8.42 Å². The maximum absolute atomic E-state index is 12.7. The van der Waals surface area contributed by atoms with Gasteiger partial charge in [-0.15, -0.1) is 0 Å². The molecule has 124 valence electrons. The van der Waals surface area contributed by atoms with Crippen molar-refractivity contribution in [3.05, 3.63) is 53.6 Å². The zero-order valence-corrected chi connectivity index (χ0v) is 14.6. The molecular weight excluding hydrogens is 314 g/mol. The molecule has 0 bridgehead atoms. The van der Waals surface area contributed by atoms with Crippen LogP contribution in [0.15, 0.2) is 47.4 Å². The lowest BCUT2D eigenvalue weighted by Gasteiger charge is -2.20. The second-order valence-electron chi connectivity index (χ2n) is 5.22. The highest BCUT2D eigenvalue weighted by atomic mass is 32.2. The van der Waals surface area contributed by atoms with E-state index in [1.165, 1.54) is 4.31 Å². The summed E-state index contributed by atoms with van der Waals surface area (Å²) < 4.78 is 37.3. The van der Waals surface area contributed by atoms with E-state index in [1.807, 2.05) is 6.92 Å². The van der Waals surface area contributed by atoms with Crippen molar-refractivity contribution in [1.82, 2.24) is 4.31 Å². The SMILES string of the molecule is COc1cccc(OC)c1CN(C)S(=O)(=O)c1ccc(C)cc1. The summed E-state index contributed by atoms with van der Waals surface area (Å²) >= 11 is 0. The number of hydrogen-bond donors (Lipinski definition) is 0. The van der Waals surface area contributed by atoms with Crippen LogP contribution < -0.4 is 9.47 Å². The Morgan fingerprint density at radius 3 is 1.96 bits per heavy atom. The Kier molecular flexibility index (Phi) is 5.28. The van der Waals surface area contributed by atoms with Crippen molar-refractivity contribution in [2.45, 2.75) is 18.4 Å². The van der Waals surface area contributed by atoms with Crippen molar-refractivity contribution >= 4 is 10.0 Å². The Bertz CT molecular complexity index is 747. The molecule has 0 radical (unpaired) electrons. The number of sulfonamides is 1. The molecule has 0 atom stereocenters. The largest absolute Gasteiger partial charge is 0.496 e. The van der Waals surface area contributed by atoms with Crippen molar-refractivity contribution in [3.8, 4) is 11.5 Å². The van der Waals surface area contributed by atoms with Gasteiger partial charge in [-0.05, 0) is 31.2 Å². The van der Waals surface area contributed by atoms with Gasteiger partial charge in [0.15, 0.2) is 0 Å². The van der Waals surface area contributed by atoms with E-state index in [1.54, 1.807) is 63.7 Å².